The van der Waals surface area contributed by atoms with E-state index >= 15 is 0 Å². The minimum absolute atomic E-state index is 0.224. The lowest BCUT2D eigenvalue weighted by Crippen LogP contribution is -2.18. The summed E-state index contributed by atoms with van der Waals surface area (Å²) >= 11 is 0. The fraction of sp³-hybridized carbons (Fsp3) is 0. The van der Waals surface area contributed by atoms with Crippen LogP contribution >= 0.6 is 0 Å². The highest BCUT2D eigenvalue weighted by atomic mass is 19.1. The molecule has 33 heavy (non-hydrogen) atoms. The van der Waals surface area contributed by atoms with E-state index < -0.39 is 0 Å². The summed E-state index contributed by atoms with van der Waals surface area (Å²) in [6, 6.07) is 20.9. The second-order valence-electron chi connectivity index (χ2n) is 7.53. The van der Waals surface area contributed by atoms with Crippen molar-refractivity contribution in [1.82, 2.24) is 19.5 Å². The maximum Gasteiger partial charge on any atom is 0.283 e. The zero-order chi connectivity index (χ0) is 22.4. The van der Waals surface area contributed by atoms with Crippen LogP contribution in [0.1, 0.15) is 0 Å². The first-order valence-corrected chi connectivity index (χ1v) is 10.3. The number of para-hydroxylation sites is 1. The lowest BCUT2D eigenvalue weighted by atomic mass is 10.1. The second kappa shape index (κ2) is 7.49. The third-order valence-corrected chi connectivity index (χ3v) is 5.45. The first-order chi connectivity index (χ1) is 16.2. The number of nitrogens with zero attached hydrogens (tertiary/aromatic N) is 4. The molecule has 0 aliphatic rings. The van der Waals surface area contributed by atoms with Crippen molar-refractivity contribution < 1.29 is 8.81 Å². The predicted molar refractivity (Wildman–Crippen MR) is 124 cm³/mol. The number of hydrogen-bond acceptors (Lipinski definition) is 5. The van der Waals surface area contributed by atoms with Crippen molar-refractivity contribution in [3.8, 4) is 28.6 Å². The Morgan fingerprint density at radius 2 is 1.67 bits per heavy atom. The molecule has 0 saturated heterocycles. The highest BCUT2D eigenvalue weighted by Crippen LogP contribution is 2.32. The molecule has 6 nitrogen and oxygen atoms in total. The van der Waals surface area contributed by atoms with Crippen LogP contribution in [0.3, 0.4) is 0 Å². The molecule has 4 heterocycles. The molecule has 2 aromatic carbocycles. The molecular weight excluding hydrogens is 419 g/mol. The summed E-state index contributed by atoms with van der Waals surface area (Å²) in [5.74, 6) is 0.160. The number of fused-ring (bicyclic) bond motifs is 2. The fourth-order valence-electron chi connectivity index (χ4n) is 3.81. The maximum atomic E-state index is 13.6. The van der Waals surface area contributed by atoms with Gasteiger partial charge in [-0.1, -0.05) is 24.3 Å². The van der Waals surface area contributed by atoms with E-state index in [1.165, 1.54) is 16.7 Å². The molecule has 6 aromatic rings. The normalized spacial score (nSPS) is 11.3. The third-order valence-electron chi connectivity index (χ3n) is 5.45. The molecule has 158 valence electrons. The Labute approximate surface area is 186 Å². The Morgan fingerprint density at radius 3 is 2.55 bits per heavy atom. The fourth-order valence-corrected chi connectivity index (χ4v) is 3.81. The molecule has 0 aliphatic carbocycles. The number of pyridine rings is 3. The molecule has 0 N–H and O–H groups in total. The lowest BCUT2D eigenvalue weighted by Gasteiger charge is -2.06. The molecule has 0 radical (unpaired) electrons. The van der Waals surface area contributed by atoms with Crippen LogP contribution in [0, 0.1) is 5.82 Å². The van der Waals surface area contributed by atoms with Crippen molar-refractivity contribution in [2.75, 3.05) is 0 Å². The van der Waals surface area contributed by atoms with Gasteiger partial charge in [-0.2, -0.15) is 0 Å². The molecular formula is C26H15FN4O2. The molecule has 0 bridgehead atoms. The van der Waals surface area contributed by atoms with Crippen molar-refractivity contribution in [1.29, 1.82) is 0 Å². The SMILES string of the molecule is O=c1c2ncccc2ccn1-c1oc(-c2cnc3ccccc3c2)nc1-c1ccc(F)cc1. The molecule has 0 amide bonds. The lowest BCUT2D eigenvalue weighted by molar-refractivity contribution is 0.543. The highest BCUT2D eigenvalue weighted by Gasteiger charge is 2.20. The first kappa shape index (κ1) is 19.1. The predicted octanol–water partition coefficient (Wildman–Crippen LogP) is 5.40. The minimum Gasteiger partial charge on any atom is -0.419 e. The van der Waals surface area contributed by atoms with Crippen molar-refractivity contribution >= 4 is 21.8 Å². The maximum absolute atomic E-state index is 13.6. The largest absolute Gasteiger partial charge is 0.419 e. The Kier molecular flexibility index (Phi) is 4.33. The van der Waals surface area contributed by atoms with E-state index in [0.717, 1.165) is 16.3 Å². The molecule has 0 atom stereocenters. The van der Waals surface area contributed by atoms with Gasteiger partial charge >= 0.3 is 0 Å². The summed E-state index contributed by atoms with van der Waals surface area (Å²) in [4.78, 5) is 26.6. The quantitative estimate of drug-likeness (QED) is 0.373. The molecule has 7 heteroatoms. The topological polar surface area (TPSA) is 73.8 Å². The van der Waals surface area contributed by atoms with Crippen LogP contribution < -0.4 is 5.56 Å². The zero-order valence-electron chi connectivity index (χ0n) is 17.1. The van der Waals surface area contributed by atoms with Crippen molar-refractivity contribution in [2.24, 2.45) is 0 Å². The Bertz CT molecular complexity index is 1700. The third kappa shape index (κ3) is 3.27. The Hall–Kier alpha value is -4.65. The van der Waals surface area contributed by atoms with Gasteiger partial charge in [-0.3, -0.25) is 19.3 Å². The summed E-state index contributed by atoms with van der Waals surface area (Å²) in [5, 5.41) is 1.66. The van der Waals surface area contributed by atoms with Gasteiger partial charge in [-0.15, -0.1) is 0 Å². The van der Waals surface area contributed by atoms with Crippen LogP contribution in [0.5, 0.6) is 0 Å². The summed E-state index contributed by atoms with van der Waals surface area (Å²) < 4.78 is 21.1. The Balaban J connectivity index is 1.59. The van der Waals surface area contributed by atoms with Crippen LogP contribution in [-0.4, -0.2) is 19.5 Å². The van der Waals surface area contributed by atoms with Crippen molar-refractivity contribution in [3.63, 3.8) is 0 Å². The van der Waals surface area contributed by atoms with Crippen LogP contribution in [0.25, 0.3) is 50.4 Å². The second-order valence-corrected chi connectivity index (χ2v) is 7.53. The van der Waals surface area contributed by atoms with Gasteiger partial charge in [0, 0.05) is 34.9 Å². The van der Waals surface area contributed by atoms with Crippen LogP contribution in [0.2, 0.25) is 0 Å². The molecule has 0 aliphatic heterocycles. The van der Waals surface area contributed by atoms with Gasteiger partial charge in [0.1, 0.15) is 17.0 Å². The van der Waals surface area contributed by atoms with E-state index in [0.29, 0.717) is 28.2 Å². The van der Waals surface area contributed by atoms with Gasteiger partial charge in [0.05, 0.1) is 11.1 Å². The number of hydrogen-bond donors (Lipinski definition) is 0. The van der Waals surface area contributed by atoms with E-state index in [4.69, 9.17) is 4.42 Å². The first-order valence-electron chi connectivity index (χ1n) is 10.3. The van der Waals surface area contributed by atoms with Gasteiger partial charge in [0.25, 0.3) is 5.56 Å². The number of benzene rings is 2. The van der Waals surface area contributed by atoms with Gasteiger partial charge in [0.2, 0.25) is 11.8 Å². The van der Waals surface area contributed by atoms with Crippen molar-refractivity contribution in [2.45, 2.75) is 0 Å². The van der Waals surface area contributed by atoms with E-state index in [2.05, 4.69) is 15.0 Å². The summed E-state index contributed by atoms with van der Waals surface area (Å²) in [6.45, 7) is 0. The minimum atomic E-state index is -0.366. The molecule has 0 fully saturated rings. The smallest absolute Gasteiger partial charge is 0.283 e. The van der Waals surface area contributed by atoms with Crippen LogP contribution in [0.15, 0.2) is 101 Å². The van der Waals surface area contributed by atoms with E-state index in [-0.39, 0.29) is 17.3 Å². The van der Waals surface area contributed by atoms with E-state index in [1.54, 1.807) is 42.9 Å². The van der Waals surface area contributed by atoms with Crippen LogP contribution in [-0.2, 0) is 0 Å². The number of aromatic nitrogens is 4. The summed E-state index contributed by atoms with van der Waals surface area (Å²) in [6.07, 6.45) is 4.88. The van der Waals surface area contributed by atoms with E-state index in [9.17, 15) is 9.18 Å². The highest BCUT2D eigenvalue weighted by molar-refractivity contribution is 5.83. The average Bonchev–Trinajstić information content (AvgIpc) is 3.30. The molecule has 4 aromatic heterocycles. The van der Waals surface area contributed by atoms with Gasteiger partial charge in [0.15, 0.2) is 0 Å². The van der Waals surface area contributed by atoms with Gasteiger partial charge in [-0.05, 0) is 48.5 Å². The van der Waals surface area contributed by atoms with Crippen molar-refractivity contribution in [3.05, 3.63) is 108 Å². The van der Waals surface area contributed by atoms with Gasteiger partial charge < -0.3 is 4.42 Å². The average molecular weight is 434 g/mol. The summed E-state index contributed by atoms with van der Waals surface area (Å²) in [7, 11) is 0. The van der Waals surface area contributed by atoms with Gasteiger partial charge in [-0.25, -0.2) is 9.37 Å². The monoisotopic (exact) mass is 434 g/mol. The standard InChI is InChI=1S/C26H15FN4O2/c27-20-9-7-17(8-10-20)23-26(31-13-11-16-5-3-12-28-22(16)25(31)32)33-24(30-23)19-14-18-4-1-2-6-21(18)29-15-19/h1-15H. The number of rotatable bonds is 3. The number of oxazole rings is 1. The molecule has 0 spiro atoms. The molecule has 0 unspecified atom stereocenters. The Morgan fingerprint density at radius 1 is 0.848 bits per heavy atom. The molecule has 0 saturated carbocycles. The molecule has 6 rings (SSSR count). The number of halogens is 1. The summed E-state index contributed by atoms with van der Waals surface area (Å²) in [5.41, 5.74) is 2.52. The van der Waals surface area contributed by atoms with E-state index in [1.807, 2.05) is 36.4 Å². The van der Waals surface area contributed by atoms with Crippen LogP contribution in [0.4, 0.5) is 4.39 Å². The zero-order valence-corrected chi connectivity index (χ0v) is 17.1.